The zero-order chi connectivity index (χ0) is 21.6. The molecule has 0 atom stereocenters. The summed E-state index contributed by atoms with van der Waals surface area (Å²) < 4.78 is 5.49. The summed E-state index contributed by atoms with van der Waals surface area (Å²) in [7, 11) is 1.72. The van der Waals surface area contributed by atoms with Gasteiger partial charge >= 0.3 is 0 Å². The summed E-state index contributed by atoms with van der Waals surface area (Å²) >= 11 is 0. The molecular weight excluding hydrogens is 382 g/mol. The quantitative estimate of drug-likeness (QED) is 0.272. The van der Waals surface area contributed by atoms with E-state index in [2.05, 4.69) is 54.4 Å². The van der Waals surface area contributed by atoms with Crippen molar-refractivity contribution in [3.63, 3.8) is 0 Å². The highest BCUT2D eigenvalue weighted by atomic mass is 16.5. The van der Waals surface area contributed by atoms with Gasteiger partial charge in [0, 0.05) is 23.9 Å². The lowest BCUT2D eigenvalue weighted by atomic mass is 10.1. The first-order valence-corrected chi connectivity index (χ1v) is 12.0. The van der Waals surface area contributed by atoms with E-state index < -0.39 is 0 Å². The number of nitrogens with zero attached hydrogens (tertiary/aromatic N) is 2. The van der Waals surface area contributed by atoms with Crippen LogP contribution < -0.4 is 10.1 Å². The number of pyridine rings is 1. The molecule has 0 bridgehead atoms. The maximum Gasteiger partial charge on any atom is 0.119 e. The number of methoxy groups -OCH3 is 1. The van der Waals surface area contributed by atoms with Gasteiger partial charge in [-0.25, -0.2) is 4.98 Å². The van der Waals surface area contributed by atoms with Crippen molar-refractivity contribution in [1.82, 2.24) is 9.88 Å². The van der Waals surface area contributed by atoms with Gasteiger partial charge in [0.05, 0.1) is 23.8 Å². The summed E-state index contributed by atoms with van der Waals surface area (Å²) in [4.78, 5) is 7.60. The molecule has 1 fully saturated rings. The predicted octanol–water partition coefficient (Wildman–Crippen LogP) is 6.41. The van der Waals surface area contributed by atoms with E-state index in [1.165, 1.54) is 74.8 Å². The number of fused-ring (bicyclic) bond motifs is 2. The standard InChI is InChI=1S/C27H37N3O/c1-4-5-15-30(19-21-9-10-21)16-7-6-14-28-27-23-12-8-20(2)17-26(23)29-25-13-11-22(31-3)18-24(25)27/h8,11-13,17-18,21H,4-7,9-10,14-16,19H2,1-3H3,(H,28,29). The number of aryl methyl sites for hydroxylation is 1. The Hall–Kier alpha value is -2.33. The van der Waals surface area contributed by atoms with Crippen LogP contribution in [-0.4, -0.2) is 43.2 Å². The molecule has 1 heterocycles. The van der Waals surface area contributed by atoms with Gasteiger partial charge in [-0.05, 0) is 87.9 Å². The molecule has 1 aromatic heterocycles. The van der Waals surface area contributed by atoms with Gasteiger partial charge in [-0.2, -0.15) is 0 Å². The molecule has 4 rings (SSSR count). The van der Waals surface area contributed by atoms with Crippen LogP contribution in [0.3, 0.4) is 0 Å². The lowest BCUT2D eigenvalue weighted by molar-refractivity contribution is 0.254. The molecule has 1 aliphatic carbocycles. The molecule has 0 radical (unpaired) electrons. The van der Waals surface area contributed by atoms with Gasteiger partial charge in [-0.3, -0.25) is 0 Å². The predicted molar refractivity (Wildman–Crippen MR) is 132 cm³/mol. The maximum atomic E-state index is 5.49. The van der Waals surface area contributed by atoms with Crippen LogP contribution in [0.2, 0.25) is 0 Å². The lowest BCUT2D eigenvalue weighted by Gasteiger charge is -2.22. The Morgan fingerprint density at radius 1 is 1.00 bits per heavy atom. The Morgan fingerprint density at radius 2 is 1.84 bits per heavy atom. The fourth-order valence-electron chi connectivity index (χ4n) is 4.37. The molecule has 1 aliphatic rings. The number of aromatic nitrogens is 1. The Kier molecular flexibility index (Phi) is 7.29. The molecule has 1 saturated carbocycles. The SMILES string of the molecule is CCCCN(CCCCNc1c2ccc(C)cc2nc2ccc(OC)cc12)CC1CC1. The van der Waals surface area contributed by atoms with Crippen LogP contribution in [0.4, 0.5) is 5.69 Å². The minimum atomic E-state index is 0.871. The number of anilines is 1. The van der Waals surface area contributed by atoms with Crippen molar-refractivity contribution < 1.29 is 4.74 Å². The second-order valence-electron chi connectivity index (χ2n) is 9.12. The molecule has 0 saturated heterocycles. The van der Waals surface area contributed by atoms with Gasteiger partial charge in [-0.1, -0.05) is 25.5 Å². The second-order valence-corrected chi connectivity index (χ2v) is 9.12. The number of nitrogens with one attached hydrogen (secondary N) is 1. The zero-order valence-electron chi connectivity index (χ0n) is 19.4. The van der Waals surface area contributed by atoms with Crippen LogP contribution >= 0.6 is 0 Å². The van der Waals surface area contributed by atoms with E-state index in [4.69, 9.17) is 9.72 Å². The van der Waals surface area contributed by atoms with E-state index in [1.807, 2.05) is 6.07 Å². The van der Waals surface area contributed by atoms with Crippen molar-refractivity contribution in [3.05, 3.63) is 42.0 Å². The van der Waals surface area contributed by atoms with E-state index in [0.29, 0.717) is 0 Å². The Morgan fingerprint density at radius 3 is 2.61 bits per heavy atom. The van der Waals surface area contributed by atoms with Crippen molar-refractivity contribution in [1.29, 1.82) is 0 Å². The Balaban J connectivity index is 1.44. The number of unbranched alkanes of at least 4 members (excludes halogenated alkanes) is 2. The average molecular weight is 420 g/mol. The Bertz CT molecular complexity index is 1010. The van der Waals surface area contributed by atoms with Crippen molar-refractivity contribution in [2.45, 2.75) is 52.4 Å². The lowest BCUT2D eigenvalue weighted by Crippen LogP contribution is -2.28. The summed E-state index contributed by atoms with van der Waals surface area (Å²) in [5, 5.41) is 6.08. The van der Waals surface area contributed by atoms with E-state index in [-0.39, 0.29) is 0 Å². The van der Waals surface area contributed by atoms with E-state index >= 15 is 0 Å². The van der Waals surface area contributed by atoms with Crippen LogP contribution in [0, 0.1) is 12.8 Å². The summed E-state index contributed by atoms with van der Waals surface area (Å²) in [6.07, 6.45) is 7.90. The fourth-order valence-corrected chi connectivity index (χ4v) is 4.37. The first kappa shape index (κ1) is 21.9. The minimum absolute atomic E-state index is 0.871. The molecule has 166 valence electrons. The van der Waals surface area contributed by atoms with Gasteiger partial charge in [0.15, 0.2) is 0 Å². The highest BCUT2D eigenvalue weighted by Crippen LogP contribution is 2.33. The normalized spacial score (nSPS) is 13.9. The van der Waals surface area contributed by atoms with E-state index in [1.54, 1.807) is 7.11 Å². The van der Waals surface area contributed by atoms with E-state index in [9.17, 15) is 0 Å². The molecule has 3 aromatic rings. The van der Waals surface area contributed by atoms with Crippen LogP contribution in [0.5, 0.6) is 5.75 Å². The molecule has 4 heteroatoms. The zero-order valence-corrected chi connectivity index (χ0v) is 19.4. The fraction of sp³-hybridized carbons (Fsp3) is 0.519. The highest BCUT2D eigenvalue weighted by molar-refractivity contribution is 6.07. The molecule has 0 unspecified atom stereocenters. The smallest absolute Gasteiger partial charge is 0.119 e. The first-order valence-electron chi connectivity index (χ1n) is 12.0. The van der Waals surface area contributed by atoms with Crippen LogP contribution in [-0.2, 0) is 0 Å². The molecule has 1 N–H and O–H groups in total. The third-order valence-corrected chi connectivity index (χ3v) is 6.38. The van der Waals surface area contributed by atoms with Gasteiger partial charge in [0.1, 0.15) is 5.75 Å². The molecular formula is C27H37N3O. The molecule has 31 heavy (non-hydrogen) atoms. The molecule has 0 aliphatic heterocycles. The number of hydrogen-bond donors (Lipinski definition) is 1. The minimum Gasteiger partial charge on any atom is -0.497 e. The maximum absolute atomic E-state index is 5.49. The topological polar surface area (TPSA) is 37.4 Å². The van der Waals surface area contributed by atoms with Crippen molar-refractivity contribution in [3.8, 4) is 5.75 Å². The number of rotatable bonds is 12. The summed E-state index contributed by atoms with van der Waals surface area (Å²) in [5.41, 5.74) is 4.48. The number of ether oxygens (including phenoxy) is 1. The second kappa shape index (κ2) is 10.3. The monoisotopic (exact) mass is 419 g/mol. The van der Waals surface area contributed by atoms with Gasteiger partial charge in [0.2, 0.25) is 0 Å². The average Bonchev–Trinajstić information content (AvgIpc) is 3.60. The van der Waals surface area contributed by atoms with Crippen LogP contribution in [0.15, 0.2) is 36.4 Å². The van der Waals surface area contributed by atoms with Gasteiger partial charge in [0.25, 0.3) is 0 Å². The van der Waals surface area contributed by atoms with Crippen molar-refractivity contribution in [2.24, 2.45) is 5.92 Å². The number of hydrogen-bond acceptors (Lipinski definition) is 4. The molecule has 0 amide bonds. The summed E-state index contributed by atoms with van der Waals surface area (Å²) in [6, 6.07) is 12.7. The molecule has 0 spiro atoms. The molecule has 4 nitrogen and oxygen atoms in total. The van der Waals surface area contributed by atoms with E-state index in [0.717, 1.165) is 34.6 Å². The van der Waals surface area contributed by atoms with Crippen molar-refractivity contribution >= 4 is 27.5 Å². The summed E-state index contributed by atoms with van der Waals surface area (Å²) in [6.45, 7) is 9.19. The number of benzene rings is 2. The van der Waals surface area contributed by atoms with Gasteiger partial charge in [-0.15, -0.1) is 0 Å². The first-order chi connectivity index (χ1) is 15.2. The Labute approximate surface area is 187 Å². The third-order valence-electron chi connectivity index (χ3n) is 6.38. The third kappa shape index (κ3) is 5.68. The summed E-state index contributed by atoms with van der Waals surface area (Å²) in [5.74, 6) is 1.85. The van der Waals surface area contributed by atoms with Crippen molar-refractivity contribution in [2.75, 3.05) is 38.6 Å². The highest BCUT2D eigenvalue weighted by Gasteiger charge is 2.23. The molecule has 2 aromatic carbocycles. The van der Waals surface area contributed by atoms with Crippen LogP contribution in [0.1, 0.15) is 51.0 Å². The largest absolute Gasteiger partial charge is 0.497 e. The van der Waals surface area contributed by atoms with Gasteiger partial charge < -0.3 is 15.0 Å². The van der Waals surface area contributed by atoms with Crippen LogP contribution in [0.25, 0.3) is 21.8 Å².